The summed E-state index contributed by atoms with van der Waals surface area (Å²) in [5.74, 6) is 0.481. The highest BCUT2D eigenvalue weighted by atomic mass is 35.5. The molecule has 1 heteroatoms. The van der Waals surface area contributed by atoms with Crippen LogP contribution in [0.2, 0.25) is 0 Å². The molecular formula is C6H10Cl. The third-order valence-electron chi connectivity index (χ3n) is 0.628. The number of halogens is 1. The van der Waals surface area contributed by atoms with Crippen LogP contribution in [0.5, 0.6) is 0 Å². The second-order valence-corrected chi connectivity index (χ2v) is 1.95. The fraction of sp³-hybridized carbons (Fsp3) is 0.500. The minimum absolute atomic E-state index is 0.481. The van der Waals surface area contributed by atoms with Gasteiger partial charge in [-0.2, -0.15) is 0 Å². The molecule has 0 nitrogen and oxygen atoms in total. The molecule has 1 radical (unpaired) electrons. The Morgan fingerprint density at radius 2 is 2.43 bits per heavy atom. The maximum atomic E-state index is 5.24. The minimum Gasteiger partial charge on any atom is -0.0933 e. The lowest BCUT2D eigenvalue weighted by atomic mass is 10.1. The molecule has 1 atom stereocenters. The van der Waals surface area contributed by atoms with Crippen LogP contribution in [-0.4, -0.2) is 0 Å². The summed E-state index contributed by atoms with van der Waals surface area (Å²) in [5, 5.41) is 0. The summed E-state index contributed by atoms with van der Waals surface area (Å²) in [6, 6.07) is 0. The Labute approximate surface area is 50.2 Å². The van der Waals surface area contributed by atoms with Crippen molar-refractivity contribution in [3.05, 3.63) is 18.5 Å². The molecule has 0 N–H and O–H groups in total. The SMILES string of the molecule is [CH2]C(C)CC=CCl. The van der Waals surface area contributed by atoms with Crippen molar-refractivity contribution in [3.8, 4) is 0 Å². The Balaban J connectivity index is 2.97. The van der Waals surface area contributed by atoms with E-state index in [1.54, 1.807) is 0 Å². The maximum absolute atomic E-state index is 5.24. The summed E-state index contributed by atoms with van der Waals surface area (Å²) in [7, 11) is 0. The van der Waals surface area contributed by atoms with E-state index in [1.807, 2.05) is 6.08 Å². The third kappa shape index (κ3) is 6.03. The number of rotatable bonds is 2. The molecule has 41 valence electrons. The molecule has 0 saturated carbocycles. The fourth-order valence-electron chi connectivity index (χ4n) is 0.284. The van der Waals surface area contributed by atoms with Gasteiger partial charge in [0.15, 0.2) is 0 Å². The van der Waals surface area contributed by atoms with Crippen molar-refractivity contribution in [1.29, 1.82) is 0 Å². The lowest BCUT2D eigenvalue weighted by Crippen LogP contribution is -1.80. The maximum Gasteiger partial charge on any atom is 0.000255 e. The van der Waals surface area contributed by atoms with Crippen molar-refractivity contribution in [3.63, 3.8) is 0 Å². The standard InChI is InChI=1S/C6H10Cl/c1-6(2)4-3-5-7/h3,5-6H,1,4H2,2H3. The van der Waals surface area contributed by atoms with Crippen LogP contribution in [-0.2, 0) is 0 Å². The zero-order chi connectivity index (χ0) is 5.70. The number of hydrogen-bond donors (Lipinski definition) is 0. The van der Waals surface area contributed by atoms with Gasteiger partial charge in [0.1, 0.15) is 0 Å². The van der Waals surface area contributed by atoms with E-state index in [4.69, 9.17) is 11.6 Å². The molecule has 0 spiro atoms. The van der Waals surface area contributed by atoms with Gasteiger partial charge < -0.3 is 0 Å². The van der Waals surface area contributed by atoms with Crippen molar-refractivity contribution in [2.45, 2.75) is 13.3 Å². The fourth-order valence-corrected chi connectivity index (χ4v) is 0.387. The summed E-state index contributed by atoms with van der Waals surface area (Å²) in [5.41, 5.74) is 1.53. The monoisotopic (exact) mass is 117 g/mol. The van der Waals surface area contributed by atoms with Crippen LogP contribution < -0.4 is 0 Å². The molecule has 0 aliphatic carbocycles. The Kier molecular flexibility index (Phi) is 4.21. The van der Waals surface area contributed by atoms with E-state index < -0.39 is 0 Å². The highest BCUT2D eigenvalue weighted by Gasteiger charge is 1.84. The summed E-state index contributed by atoms with van der Waals surface area (Å²) in [6.07, 6.45) is 2.88. The van der Waals surface area contributed by atoms with Crippen molar-refractivity contribution >= 4 is 11.6 Å². The first kappa shape index (κ1) is 7.03. The van der Waals surface area contributed by atoms with Crippen molar-refractivity contribution in [2.24, 2.45) is 5.92 Å². The molecule has 1 unspecified atom stereocenters. The van der Waals surface area contributed by atoms with Gasteiger partial charge in [0.2, 0.25) is 0 Å². The molecule has 0 aromatic rings. The molecule has 0 aliphatic heterocycles. The van der Waals surface area contributed by atoms with E-state index in [1.165, 1.54) is 5.54 Å². The smallest absolute Gasteiger partial charge is 0.000255 e. The first-order chi connectivity index (χ1) is 3.27. The molecule has 0 heterocycles. The second kappa shape index (κ2) is 4.20. The summed E-state index contributed by atoms with van der Waals surface area (Å²) >= 11 is 5.24. The first-order valence-corrected chi connectivity index (χ1v) is 2.79. The predicted octanol–water partition coefficient (Wildman–Crippen LogP) is 2.60. The lowest BCUT2D eigenvalue weighted by Gasteiger charge is -1.93. The van der Waals surface area contributed by atoms with Gasteiger partial charge in [-0.05, 0) is 12.3 Å². The van der Waals surface area contributed by atoms with Crippen molar-refractivity contribution in [1.82, 2.24) is 0 Å². The van der Waals surface area contributed by atoms with Crippen LogP contribution in [0.1, 0.15) is 13.3 Å². The van der Waals surface area contributed by atoms with E-state index in [0.29, 0.717) is 5.92 Å². The average Bonchev–Trinajstić information content (AvgIpc) is 1.61. The largest absolute Gasteiger partial charge is 0.0933 e. The van der Waals surface area contributed by atoms with Gasteiger partial charge >= 0.3 is 0 Å². The summed E-state index contributed by atoms with van der Waals surface area (Å²) in [6.45, 7) is 5.82. The van der Waals surface area contributed by atoms with Crippen LogP contribution in [0.3, 0.4) is 0 Å². The van der Waals surface area contributed by atoms with Gasteiger partial charge in [0, 0.05) is 5.54 Å². The second-order valence-electron chi connectivity index (χ2n) is 1.70. The third-order valence-corrected chi connectivity index (χ3v) is 0.806. The van der Waals surface area contributed by atoms with Gasteiger partial charge in [-0.25, -0.2) is 0 Å². The van der Waals surface area contributed by atoms with E-state index in [-0.39, 0.29) is 0 Å². The van der Waals surface area contributed by atoms with Gasteiger partial charge in [0.05, 0.1) is 0 Å². The molecular weight excluding hydrogens is 108 g/mol. The number of allylic oxidation sites excluding steroid dienone is 1. The summed E-state index contributed by atoms with van der Waals surface area (Å²) < 4.78 is 0. The van der Waals surface area contributed by atoms with E-state index >= 15 is 0 Å². The highest BCUT2D eigenvalue weighted by molar-refractivity contribution is 6.25. The molecule has 0 amide bonds. The normalized spacial score (nSPS) is 11.4. The van der Waals surface area contributed by atoms with Crippen LogP contribution in [0.15, 0.2) is 11.6 Å². The average molecular weight is 118 g/mol. The molecule has 0 bridgehead atoms. The van der Waals surface area contributed by atoms with Gasteiger partial charge in [-0.3, -0.25) is 0 Å². The zero-order valence-electron chi connectivity index (χ0n) is 4.52. The molecule has 0 fully saturated rings. The van der Waals surface area contributed by atoms with Crippen LogP contribution in [0, 0.1) is 12.8 Å². The van der Waals surface area contributed by atoms with Crippen molar-refractivity contribution in [2.75, 3.05) is 0 Å². The summed E-state index contributed by atoms with van der Waals surface area (Å²) in [4.78, 5) is 0. The Morgan fingerprint density at radius 3 is 2.57 bits per heavy atom. The van der Waals surface area contributed by atoms with E-state index in [9.17, 15) is 0 Å². The van der Waals surface area contributed by atoms with Gasteiger partial charge in [-0.1, -0.05) is 31.5 Å². The first-order valence-electron chi connectivity index (χ1n) is 2.35. The Hall–Kier alpha value is 0.0300. The predicted molar refractivity (Wildman–Crippen MR) is 34.1 cm³/mol. The Bertz CT molecular complexity index is 55.2. The topological polar surface area (TPSA) is 0 Å². The van der Waals surface area contributed by atoms with Gasteiger partial charge in [-0.15, -0.1) is 0 Å². The Morgan fingerprint density at radius 1 is 1.86 bits per heavy atom. The zero-order valence-corrected chi connectivity index (χ0v) is 5.28. The van der Waals surface area contributed by atoms with E-state index in [0.717, 1.165) is 6.42 Å². The molecule has 0 rings (SSSR count). The molecule has 0 aromatic carbocycles. The lowest BCUT2D eigenvalue weighted by molar-refractivity contribution is 0.741. The molecule has 0 aliphatic rings. The molecule has 7 heavy (non-hydrogen) atoms. The van der Waals surface area contributed by atoms with Crippen LogP contribution in [0.4, 0.5) is 0 Å². The molecule has 0 aromatic heterocycles. The van der Waals surface area contributed by atoms with Gasteiger partial charge in [0.25, 0.3) is 0 Å². The molecule has 0 saturated heterocycles. The van der Waals surface area contributed by atoms with Crippen LogP contribution >= 0.6 is 11.6 Å². The minimum atomic E-state index is 0.481. The van der Waals surface area contributed by atoms with Crippen LogP contribution in [0.25, 0.3) is 0 Å². The van der Waals surface area contributed by atoms with E-state index in [2.05, 4.69) is 13.8 Å². The quantitative estimate of drug-likeness (QED) is 0.522. The highest BCUT2D eigenvalue weighted by Crippen LogP contribution is 1.98. The van der Waals surface area contributed by atoms with Crippen molar-refractivity contribution < 1.29 is 0 Å². The number of hydrogen-bond acceptors (Lipinski definition) is 0.